The summed E-state index contributed by atoms with van der Waals surface area (Å²) < 4.78 is 0. The minimum atomic E-state index is -0.832. The van der Waals surface area contributed by atoms with Crippen LogP contribution in [0.5, 0.6) is 0 Å². The Kier molecular flexibility index (Phi) is 4.99. The van der Waals surface area contributed by atoms with E-state index in [-0.39, 0.29) is 5.92 Å². The van der Waals surface area contributed by atoms with Crippen molar-refractivity contribution < 1.29 is 9.90 Å². The fourth-order valence-corrected chi connectivity index (χ4v) is 2.04. The van der Waals surface area contributed by atoms with Gasteiger partial charge in [-0.25, -0.2) is 0 Å². The van der Waals surface area contributed by atoms with Crippen molar-refractivity contribution in [3.8, 4) is 0 Å². The molecule has 0 saturated heterocycles. The van der Waals surface area contributed by atoms with Crippen LogP contribution in [0.15, 0.2) is 0 Å². The molecule has 1 fully saturated rings. The van der Waals surface area contributed by atoms with Crippen molar-refractivity contribution in [3.05, 3.63) is 0 Å². The highest BCUT2D eigenvalue weighted by Gasteiger charge is 2.36. The first-order chi connectivity index (χ1) is 6.75. The van der Waals surface area contributed by atoms with E-state index in [4.69, 9.17) is 0 Å². The molecule has 0 bridgehead atoms. The summed E-state index contributed by atoms with van der Waals surface area (Å²) in [6, 6.07) is 0. The molecule has 2 heteroatoms. The summed E-state index contributed by atoms with van der Waals surface area (Å²) in [5.74, 6) is -0.488. The smallest absolute Gasteiger partial charge is 0.0448 e. The first-order valence-corrected chi connectivity index (χ1v) is 5.96. The topological polar surface area (TPSA) is 40.1 Å². The molecule has 0 spiro atoms. The van der Waals surface area contributed by atoms with Crippen LogP contribution < -0.4 is 5.11 Å². The number of rotatable bonds is 8. The number of carbonyl (C=O) groups is 1. The molecule has 1 aliphatic carbocycles. The average molecular weight is 197 g/mol. The predicted octanol–water partition coefficient (Wildman–Crippen LogP) is 2.12. The van der Waals surface area contributed by atoms with E-state index >= 15 is 0 Å². The highest BCUT2D eigenvalue weighted by molar-refractivity contribution is 5.71. The molecule has 0 radical (unpaired) electrons. The Hall–Kier alpha value is -0.530. The Morgan fingerprint density at radius 3 is 2.43 bits per heavy atom. The number of hydrogen-bond donors (Lipinski definition) is 0. The van der Waals surface area contributed by atoms with Gasteiger partial charge in [-0.1, -0.05) is 45.4 Å². The SMILES string of the molecule is CCCCCCCC[C@@H]1C[C@@H]1C(=O)[O-]. The average Bonchev–Trinajstić information content (AvgIpc) is 2.90. The third kappa shape index (κ3) is 4.12. The maximum absolute atomic E-state index is 10.4. The Balaban J connectivity index is 1.84. The molecule has 14 heavy (non-hydrogen) atoms. The van der Waals surface area contributed by atoms with Gasteiger partial charge < -0.3 is 9.90 Å². The van der Waals surface area contributed by atoms with Crippen molar-refractivity contribution in [2.75, 3.05) is 0 Å². The number of hydrogen-bond acceptors (Lipinski definition) is 2. The van der Waals surface area contributed by atoms with Crippen LogP contribution in [-0.4, -0.2) is 5.97 Å². The number of carboxylic acid groups (broad SMARTS) is 1. The second kappa shape index (κ2) is 6.05. The number of carboxylic acids is 1. The van der Waals surface area contributed by atoms with E-state index in [0.29, 0.717) is 5.92 Å². The van der Waals surface area contributed by atoms with Gasteiger partial charge in [0.15, 0.2) is 0 Å². The summed E-state index contributed by atoms with van der Waals surface area (Å²) in [5.41, 5.74) is 0. The molecule has 0 heterocycles. The molecule has 1 rings (SSSR count). The molecule has 82 valence electrons. The van der Waals surface area contributed by atoms with Crippen molar-refractivity contribution in [3.63, 3.8) is 0 Å². The van der Waals surface area contributed by atoms with Gasteiger partial charge in [-0.3, -0.25) is 0 Å². The van der Waals surface area contributed by atoms with Crippen molar-refractivity contribution in [1.82, 2.24) is 0 Å². The maximum atomic E-state index is 10.4. The van der Waals surface area contributed by atoms with E-state index in [0.717, 1.165) is 12.8 Å². The summed E-state index contributed by atoms with van der Waals surface area (Å²) in [6.45, 7) is 2.22. The van der Waals surface area contributed by atoms with Gasteiger partial charge in [-0.2, -0.15) is 0 Å². The highest BCUT2D eigenvalue weighted by Crippen LogP contribution is 2.41. The molecule has 0 amide bonds. The first kappa shape index (κ1) is 11.5. The van der Waals surface area contributed by atoms with Crippen LogP contribution in [0.25, 0.3) is 0 Å². The monoisotopic (exact) mass is 197 g/mol. The Bertz CT molecular complexity index is 177. The van der Waals surface area contributed by atoms with Gasteiger partial charge in [0.2, 0.25) is 0 Å². The quantitative estimate of drug-likeness (QED) is 0.559. The molecular formula is C12H21O2-. The molecule has 2 nitrogen and oxygen atoms in total. The molecule has 2 atom stereocenters. The standard InChI is InChI=1S/C12H22O2/c1-2-3-4-5-6-7-8-10-9-11(10)12(13)14/h10-11H,2-9H2,1H3,(H,13,14)/p-1/t10-,11+/m1/s1. The van der Waals surface area contributed by atoms with Crippen LogP contribution in [0, 0.1) is 11.8 Å². The van der Waals surface area contributed by atoms with Gasteiger partial charge in [0.25, 0.3) is 0 Å². The van der Waals surface area contributed by atoms with Crippen LogP contribution in [0.1, 0.15) is 58.3 Å². The number of carbonyl (C=O) groups excluding carboxylic acids is 1. The van der Waals surface area contributed by atoms with E-state index in [1.54, 1.807) is 0 Å². The zero-order valence-electron chi connectivity index (χ0n) is 9.13. The number of aliphatic carboxylic acids is 1. The lowest BCUT2D eigenvalue weighted by atomic mass is 10.1. The molecular weight excluding hydrogens is 176 g/mol. The van der Waals surface area contributed by atoms with Gasteiger partial charge in [0, 0.05) is 11.9 Å². The molecule has 0 unspecified atom stereocenters. The fraction of sp³-hybridized carbons (Fsp3) is 0.917. The van der Waals surface area contributed by atoms with E-state index < -0.39 is 5.97 Å². The second-order valence-electron chi connectivity index (χ2n) is 4.48. The first-order valence-electron chi connectivity index (χ1n) is 5.96. The highest BCUT2D eigenvalue weighted by atomic mass is 16.4. The molecule has 1 saturated carbocycles. The van der Waals surface area contributed by atoms with Gasteiger partial charge in [-0.15, -0.1) is 0 Å². The molecule has 0 aromatic heterocycles. The molecule has 0 aromatic rings. The van der Waals surface area contributed by atoms with Crippen molar-refractivity contribution >= 4 is 5.97 Å². The van der Waals surface area contributed by atoms with Crippen molar-refractivity contribution in [2.24, 2.45) is 11.8 Å². The molecule has 0 aliphatic heterocycles. The van der Waals surface area contributed by atoms with E-state index in [1.165, 1.54) is 38.5 Å². The lowest BCUT2D eigenvalue weighted by Crippen LogP contribution is -2.24. The maximum Gasteiger partial charge on any atom is 0.0448 e. The second-order valence-corrected chi connectivity index (χ2v) is 4.48. The summed E-state index contributed by atoms with van der Waals surface area (Å²) in [7, 11) is 0. The van der Waals surface area contributed by atoms with Crippen molar-refractivity contribution in [2.45, 2.75) is 58.3 Å². The fourth-order valence-electron chi connectivity index (χ4n) is 2.04. The lowest BCUT2D eigenvalue weighted by Gasteiger charge is -2.01. The zero-order valence-corrected chi connectivity index (χ0v) is 9.13. The zero-order chi connectivity index (χ0) is 10.4. The van der Waals surface area contributed by atoms with Crippen LogP contribution in [0.2, 0.25) is 0 Å². The van der Waals surface area contributed by atoms with Crippen LogP contribution >= 0.6 is 0 Å². The van der Waals surface area contributed by atoms with E-state index in [2.05, 4.69) is 6.92 Å². The van der Waals surface area contributed by atoms with Crippen LogP contribution in [0.3, 0.4) is 0 Å². The predicted molar refractivity (Wildman–Crippen MR) is 54.6 cm³/mol. The minimum Gasteiger partial charge on any atom is -0.550 e. The molecule has 0 N–H and O–H groups in total. The minimum absolute atomic E-state index is 0.106. The van der Waals surface area contributed by atoms with E-state index in [1.807, 2.05) is 0 Å². The van der Waals surface area contributed by atoms with Gasteiger partial charge in [0.1, 0.15) is 0 Å². The van der Waals surface area contributed by atoms with E-state index in [9.17, 15) is 9.90 Å². The van der Waals surface area contributed by atoms with Crippen LogP contribution in [0.4, 0.5) is 0 Å². The summed E-state index contributed by atoms with van der Waals surface area (Å²) >= 11 is 0. The summed E-state index contributed by atoms with van der Waals surface area (Å²) in [5, 5.41) is 10.4. The normalized spacial score (nSPS) is 24.9. The summed E-state index contributed by atoms with van der Waals surface area (Å²) in [4.78, 5) is 10.4. The third-order valence-electron chi connectivity index (χ3n) is 3.15. The number of unbranched alkanes of at least 4 members (excludes halogenated alkanes) is 5. The van der Waals surface area contributed by atoms with Gasteiger partial charge in [-0.05, 0) is 18.8 Å². The molecule has 0 aromatic carbocycles. The third-order valence-corrected chi connectivity index (χ3v) is 3.15. The lowest BCUT2D eigenvalue weighted by molar-refractivity contribution is -0.308. The molecule has 1 aliphatic rings. The van der Waals surface area contributed by atoms with Gasteiger partial charge >= 0.3 is 0 Å². The Morgan fingerprint density at radius 1 is 1.21 bits per heavy atom. The van der Waals surface area contributed by atoms with Crippen molar-refractivity contribution in [1.29, 1.82) is 0 Å². The van der Waals surface area contributed by atoms with Crippen LogP contribution in [-0.2, 0) is 4.79 Å². The van der Waals surface area contributed by atoms with Gasteiger partial charge in [0.05, 0.1) is 0 Å². The summed E-state index contributed by atoms with van der Waals surface area (Å²) in [6.07, 6.45) is 9.73. The Labute approximate surface area is 86.7 Å². The largest absolute Gasteiger partial charge is 0.550 e. The Morgan fingerprint density at radius 2 is 1.86 bits per heavy atom.